The van der Waals surface area contributed by atoms with Gasteiger partial charge in [0.1, 0.15) is 10.7 Å². The number of anilines is 2. The average molecular weight is 457 g/mol. The molecular weight excluding hydrogens is 439 g/mol. The zero-order valence-electron chi connectivity index (χ0n) is 16.4. The number of halogens is 2. The lowest BCUT2D eigenvalue weighted by Gasteiger charge is -2.12. The molecule has 3 N–H and O–H groups in total. The molecule has 0 saturated carbocycles. The molecule has 31 heavy (non-hydrogen) atoms. The highest BCUT2D eigenvalue weighted by atomic mass is 35.5. The van der Waals surface area contributed by atoms with Crippen molar-refractivity contribution < 1.29 is 12.8 Å². The van der Waals surface area contributed by atoms with Gasteiger partial charge in [-0.05, 0) is 59.5 Å². The second-order valence-electron chi connectivity index (χ2n) is 6.89. The lowest BCUT2D eigenvalue weighted by molar-refractivity contribution is 0.598. The van der Waals surface area contributed by atoms with E-state index in [2.05, 4.69) is 14.7 Å². The van der Waals surface area contributed by atoms with Crippen LogP contribution in [0, 0.1) is 5.82 Å². The lowest BCUT2D eigenvalue weighted by Crippen LogP contribution is -2.14. The van der Waals surface area contributed by atoms with Crippen molar-refractivity contribution in [1.82, 2.24) is 9.97 Å². The van der Waals surface area contributed by atoms with E-state index in [-0.39, 0.29) is 21.6 Å². The first-order valence-electron chi connectivity index (χ1n) is 9.41. The second-order valence-corrected chi connectivity index (χ2v) is 8.94. The number of nitrogens with zero attached hydrogens (tertiary/aromatic N) is 2. The highest BCUT2D eigenvalue weighted by molar-refractivity contribution is 7.92. The van der Waals surface area contributed by atoms with Crippen LogP contribution in [-0.2, 0) is 16.4 Å². The van der Waals surface area contributed by atoms with Crippen molar-refractivity contribution in [2.45, 2.75) is 18.2 Å². The van der Waals surface area contributed by atoms with Gasteiger partial charge in [-0.25, -0.2) is 22.8 Å². The molecule has 4 rings (SSSR count). The molecule has 0 amide bonds. The van der Waals surface area contributed by atoms with Gasteiger partial charge in [0.05, 0.1) is 16.2 Å². The third-order valence-electron chi connectivity index (χ3n) is 4.83. The van der Waals surface area contributed by atoms with E-state index < -0.39 is 15.8 Å². The smallest absolute Gasteiger partial charge is 0.263 e. The van der Waals surface area contributed by atoms with Gasteiger partial charge in [0, 0.05) is 11.6 Å². The molecule has 4 aromatic rings. The Hall–Kier alpha value is -3.23. The Bertz CT molecular complexity index is 1410. The van der Waals surface area contributed by atoms with Gasteiger partial charge >= 0.3 is 0 Å². The van der Waals surface area contributed by atoms with Crippen molar-refractivity contribution >= 4 is 44.2 Å². The van der Waals surface area contributed by atoms with Crippen LogP contribution < -0.4 is 10.5 Å². The van der Waals surface area contributed by atoms with E-state index in [0.29, 0.717) is 12.0 Å². The number of aromatic nitrogens is 2. The molecule has 0 atom stereocenters. The SMILES string of the molecule is CCc1cc(-c2ccc(NS(=O)(=O)c3ccccc3Cl)c(F)c2)cc2cnc(N)nc12. The van der Waals surface area contributed by atoms with Crippen molar-refractivity contribution in [2.75, 3.05) is 10.5 Å². The first kappa shape index (κ1) is 21.0. The van der Waals surface area contributed by atoms with Crippen LogP contribution >= 0.6 is 11.6 Å². The van der Waals surface area contributed by atoms with E-state index in [0.717, 1.165) is 22.0 Å². The summed E-state index contributed by atoms with van der Waals surface area (Å²) >= 11 is 5.98. The van der Waals surface area contributed by atoms with Crippen LogP contribution in [0.3, 0.4) is 0 Å². The van der Waals surface area contributed by atoms with Crippen LogP contribution in [0.25, 0.3) is 22.0 Å². The fourth-order valence-electron chi connectivity index (χ4n) is 3.31. The molecular formula is C22H18ClFN4O2S. The largest absolute Gasteiger partial charge is 0.368 e. The molecule has 0 saturated heterocycles. The third kappa shape index (κ3) is 4.17. The summed E-state index contributed by atoms with van der Waals surface area (Å²) in [6.07, 6.45) is 2.34. The van der Waals surface area contributed by atoms with E-state index in [4.69, 9.17) is 17.3 Å². The summed E-state index contributed by atoms with van der Waals surface area (Å²) < 4.78 is 42.3. The Kier molecular flexibility index (Phi) is 5.51. The standard InChI is InChI=1S/C22H18ClFN4O2S/c1-2-13-9-15(10-16-12-26-22(25)27-21(13)16)14-7-8-19(18(24)11-14)28-31(29,30)20-6-4-3-5-17(20)23/h3-12,28H,2H2,1H3,(H2,25,26,27). The van der Waals surface area contributed by atoms with Gasteiger partial charge in [0.2, 0.25) is 5.95 Å². The monoisotopic (exact) mass is 456 g/mol. The molecule has 1 heterocycles. The maximum absolute atomic E-state index is 14.8. The van der Waals surface area contributed by atoms with Crippen molar-refractivity contribution in [3.8, 4) is 11.1 Å². The topological polar surface area (TPSA) is 98.0 Å². The van der Waals surface area contributed by atoms with E-state index in [9.17, 15) is 12.8 Å². The maximum Gasteiger partial charge on any atom is 0.263 e. The van der Waals surface area contributed by atoms with E-state index in [1.807, 2.05) is 19.1 Å². The molecule has 1 aromatic heterocycles. The summed E-state index contributed by atoms with van der Waals surface area (Å²) in [6, 6.07) is 14.0. The zero-order chi connectivity index (χ0) is 22.2. The van der Waals surface area contributed by atoms with Gasteiger partial charge in [-0.1, -0.05) is 36.7 Å². The number of rotatable bonds is 5. The summed E-state index contributed by atoms with van der Waals surface area (Å²) in [6.45, 7) is 1.99. The Morgan fingerprint density at radius 2 is 1.87 bits per heavy atom. The number of hydrogen-bond acceptors (Lipinski definition) is 5. The molecule has 0 radical (unpaired) electrons. The minimum absolute atomic E-state index is 0.0538. The molecule has 0 aliphatic heterocycles. The van der Waals surface area contributed by atoms with Gasteiger partial charge in [-0.3, -0.25) is 4.72 Å². The van der Waals surface area contributed by atoms with Gasteiger partial charge < -0.3 is 5.73 Å². The fourth-order valence-corrected chi connectivity index (χ4v) is 4.90. The summed E-state index contributed by atoms with van der Waals surface area (Å²) in [5.74, 6) is -0.518. The van der Waals surface area contributed by atoms with Crippen molar-refractivity contribution in [3.63, 3.8) is 0 Å². The first-order valence-corrected chi connectivity index (χ1v) is 11.3. The van der Waals surface area contributed by atoms with Gasteiger partial charge in [0.15, 0.2) is 0 Å². The molecule has 0 fully saturated rings. The van der Waals surface area contributed by atoms with E-state index in [1.165, 1.54) is 24.3 Å². The first-order chi connectivity index (χ1) is 14.8. The fraction of sp³-hybridized carbons (Fsp3) is 0.0909. The number of fused-ring (bicyclic) bond motifs is 1. The van der Waals surface area contributed by atoms with Gasteiger partial charge in [0.25, 0.3) is 10.0 Å². The van der Waals surface area contributed by atoms with Gasteiger partial charge in [-0.15, -0.1) is 0 Å². The number of benzene rings is 3. The molecule has 0 spiro atoms. The van der Waals surface area contributed by atoms with Crippen molar-refractivity contribution in [3.05, 3.63) is 77.2 Å². The molecule has 3 aromatic carbocycles. The summed E-state index contributed by atoms with van der Waals surface area (Å²) in [5, 5.41) is 0.839. The Labute approximate surface area is 184 Å². The Morgan fingerprint density at radius 3 is 2.58 bits per heavy atom. The highest BCUT2D eigenvalue weighted by Gasteiger charge is 2.19. The van der Waals surface area contributed by atoms with E-state index in [1.54, 1.807) is 24.4 Å². The van der Waals surface area contributed by atoms with Crippen molar-refractivity contribution in [1.29, 1.82) is 0 Å². The number of nitrogens with two attached hydrogens (primary N) is 1. The second kappa shape index (κ2) is 8.13. The maximum atomic E-state index is 14.8. The summed E-state index contributed by atoms with van der Waals surface area (Å²) in [4.78, 5) is 8.20. The third-order valence-corrected chi connectivity index (χ3v) is 6.70. The number of hydrogen-bond donors (Lipinski definition) is 2. The molecule has 0 aliphatic rings. The normalized spacial score (nSPS) is 11.6. The molecule has 0 aliphatic carbocycles. The number of sulfonamides is 1. The lowest BCUT2D eigenvalue weighted by atomic mass is 9.98. The predicted molar refractivity (Wildman–Crippen MR) is 121 cm³/mol. The highest BCUT2D eigenvalue weighted by Crippen LogP contribution is 2.31. The predicted octanol–water partition coefficient (Wildman–Crippen LogP) is 5.03. The quantitative estimate of drug-likeness (QED) is 0.438. The number of nitrogens with one attached hydrogen (secondary N) is 1. The van der Waals surface area contributed by atoms with Crippen LogP contribution in [0.1, 0.15) is 12.5 Å². The Balaban J connectivity index is 1.71. The van der Waals surface area contributed by atoms with Crippen LogP contribution in [0.5, 0.6) is 0 Å². The van der Waals surface area contributed by atoms with E-state index >= 15 is 0 Å². The molecule has 158 valence electrons. The minimum Gasteiger partial charge on any atom is -0.368 e. The van der Waals surface area contributed by atoms with Crippen LogP contribution in [0.2, 0.25) is 5.02 Å². The number of aryl methyl sites for hydroxylation is 1. The molecule has 0 bridgehead atoms. The molecule has 6 nitrogen and oxygen atoms in total. The molecule has 0 unspecified atom stereocenters. The minimum atomic E-state index is -4.04. The summed E-state index contributed by atoms with van der Waals surface area (Å²) in [7, 11) is -4.04. The average Bonchev–Trinajstić information content (AvgIpc) is 2.74. The van der Waals surface area contributed by atoms with Crippen LogP contribution in [0.15, 0.2) is 65.7 Å². The van der Waals surface area contributed by atoms with Gasteiger partial charge in [-0.2, -0.15) is 0 Å². The number of nitrogen functional groups attached to an aromatic ring is 1. The molecule has 9 heteroatoms. The zero-order valence-corrected chi connectivity index (χ0v) is 18.0. The van der Waals surface area contributed by atoms with Crippen molar-refractivity contribution in [2.24, 2.45) is 0 Å². The Morgan fingerprint density at radius 1 is 1.10 bits per heavy atom. The van der Waals surface area contributed by atoms with Crippen LogP contribution in [-0.4, -0.2) is 18.4 Å². The van der Waals surface area contributed by atoms with Crippen LogP contribution in [0.4, 0.5) is 16.0 Å². The summed E-state index contributed by atoms with van der Waals surface area (Å²) in [5.41, 5.74) is 8.58.